The Morgan fingerprint density at radius 3 is 2.65 bits per heavy atom. The topological polar surface area (TPSA) is 85.4 Å². The van der Waals surface area contributed by atoms with Gasteiger partial charge in [0.15, 0.2) is 0 Å². The summed E-state index contributed by atoms with van der Waals surface area (Å²) in [5.74, 6) is 0. The summed E-state index contributed by atoms with van der Waals surface area (Å²) in [5, 5.41) is 8.85. The Labute approximate surface area is 102 Å². The third-order valence-electron chi connectivity index (χ3n) is 2.65. The SMILES string of the molecule is CC(CNS(=O)(=O)c1c[nH]c(CO)c1)N(C)C. The summed E-state index contributed by atoms with van der Waals surface area (Å²) in [6, 6.07) is 1.53. The molecule has 0 fully saturated rings. The van der Waals surface area contributed by atoms with E-state index in [0.717, 1.165) is 0 Å². The Hall–Kier alpha value is -0.890. The van der Waals surface area contributed by atoms with E-state index in [2.05, 4.69) is 9.71 Å². The number of aliphatic hydroxyl groups excluding tert-OH is 1. The maximum absolute atomic E-state index is 11.9. The van der Waals surface area contributed by atoms with E-state index in [0.29, 0.717) is 12.2 Å². The third kappa shape index (κ3) is 3.81. The summed E-state index contributed by atoms with van der Waals surface area (Å²) >= 11 is 0. The summed E-state index contributed by atoms with van der Waals surface area (Å²) in [5.41, 5.74) is 0.478. The van der Waals surface area contributed by atoms with Crippen molar-refractivity contribution in [2.75, 3.05) is 20.6 Å². The molecule has 0 saturated carbocycles. The number of hydrogen-bond donors (Lipinski definition) is 3. The summed E-state index contributed by atoms with van der Waals surface area (Å²) in [6.45, 7) is 2.07. The average Bonchev–Trinajstić information content (AvgIpc) is 2.75. The van der Waals surface area contributed by atoms with E-state index >= 15 is 0 Å². The van der Waals surface area contributed by atoms with Crippen LogP contribution in [0.15, 0.2) is 17.2 Å². The maximum atomic E-state index is 11.9. The molecular weight excluding hydrogens is 242 g/mol. The summed E-state index contributed by atoms with van der Waals surface area (Å²) in [7, 11) is 0.279. The molecule has 1 rings (SSSR count). The first-order valence-corrected chi connectivity index (χ1v) is 6.79. The highest BCUT2D eigenvalue weighted by molar-refractivity contribution is 7.89. The van der Waals surface area contributed by atoms with Gasteiger partial charge < -0.3 is 15.0 Å². The molecule has 1 aromatic heterocycles. The minimum Gasteiger partial charge on any atom is -0.390 e. The number of aromatic nitrogens is 1. The van der Waals surface area contributed by atoms with Gasteiger partial charge in [-0.1, -0.05) is 0 Å². The van der Waals surface area contributed by atoms with E-state index in [1.54, 1.807) is 0 Å². The van der Waals surface area contributed by atoms with Crippen LogP contribution in [0.2, 0.25) is 0 Å². The minimum atomic E-state index is -3.50. The minimum absolute atomic E-state index is 0.112. The largest absolute Gasteiger partial charge is 0.390 e. The van der Waals surface area contributed by atoms with Crippen molar-refractivity contribution in [1.29, 1.82) is 0 Å². The lowest BCUT2D eigenvalue weighted by Gasteiger charge is -2.19. The predicted octanol–water partition coefficient (Wildman–Crippen LogP) is -0.265. The zero-order valence-corrected chi connectivity index (χ0v) is 11.1. The molecule has 1 heterocycles. The number of hydrogen-bond acceptors (Lipinski definition) is 4. The van der Waals surface area contributed by atoms with Crippen LogP contribution in [-0.4, -0.2) is 50.1 Å². The Morgan fingerprint density at radius 1 is 1.53 bits per heavy atom. The lowest BCUT2D eigenvalue weighted by molar-refractivity contribution is 0.277. The van der Waals surface area contributed by atoms with Gasteiger partial charge in [0.2, 0.25) is 10.0 Å². The molecule has 1 aromatic rings. The Bertz CT molecular complexity index is 453. The fourth-order valence-electron chi connectivity index (χ4n) is 1.16. The number of nitrogens with one attached hydrogen (secondary N) is 2. The van der Waals surface area contributed by atoms with Gasteiger partial charge in [0.1, 0.15) is 0 Å². The maximum Gasteiger partial charge on any atom is 0.242 e. The molecule has 0 saturated heterocycles. The average molecular weight is 261 g/mol. The number of rotatable bonds is 6. The number of H-pyrrole nitrogens is 1. The molecule has 1 unspecified atom stereocenters. The second kappa shape index (κ2) is 5.63. The molecular formula is C10H19N3O3S. The van der Waals surface area contributed by atoms with Crippen molar-refractivity contribution in [3.63, 3.8) is 0 Å². The fraction of sp³-hybridized carbons (Fsp3) is 0.600. The zero-order chi connectivity index (χ0) is 13.1. The Morgan fingerprint density at radius 2 is 2.18 bits per heavy atom. The predicted molar refractivity (Wildman–Crippen MR) is 65.1 cm³/mol. The molecule has 17 heavy (non-hydrogen) atoms. The normalized spacial score (nSPS) is 14.2. The van der Waals surface area contributed by atoms with E-state index in [-0.39, 0.29) is 17.5 Å². The number of likely N-dealkylation sites (N-methyl/N-ethyl adjacent to an activating group) is 1. The summed E-state index contributed by atoms with van der Waals surface area (Å²) < 4.78 is 26.2. The number of aromatic amines is 1. The van der Waals surface area contributed by atoms with Crippen molar-refractivity contribution in [3.8, 4) is 0 Å². The Kier molecular flexibility index (Phi) is 4.70. The third-order valence-corrected chi connectivity index (χ3v) is 4.05. The van der Waals surface area contributed by atoms with Crippen molar-refractivity contribution < 1.29 is 13.5 Å². The smallest absolute Gasteiger partial charge is 0.242 e. The van der Waals surface area contributed by atoms with Crippen LogP contribution in [0.1, 0.15) is 12.6 Å². The second-order valence-corrected chi connectivity index (χ2v) is 5.95. The zero-order valence-electron chi connectivity index (χ0n) is 10.3. The van der Waals surface area contributed by atoms with Gasteiger partial charge in [-0.25, -0.2) is 13.1 Å². The highest BCUT2D eigenvalue weighted by Gasteiger charge is 2.17. The molecule has 98 valence electrons. The van der Waals surface area contributed by atoms with Crippen LogP contribution in [0, 0.1) is 0 Å². The van der Waals surface area contributed by atoms with Crippen LogP contribution < -0.4 is 4.72 Å². The van der Waals surface area contributed by atoms with Crippen molar-refractivity contribution in [3.05, 3.63) is 18.0 Å². The van der Waals surface area contributed by atoms with Crippen molar-refractivity contribution in [2.45, 2.75) is 24.5 Å². The van der Waals surface area contributed by atoms with Gasteiger partial charge in [0.05, 0.1) is 11.5 Å². The standard InChI is InChI=1S/C10H19N3O3S/c1-8(13(2)3)5-12-17(15,16)10-4-9(7-14)11-6-10/h4,6,8,11-12,14H,5,7H2,1-3H3. The van der Waals surface area contributed by atoms with Gasteiger partial charge in [-0.15, -0.1) is 0 Å². The van der Waals surface area contributed by atoms with Gasteiger partial charge in [-0.2, -0.15) is 0 Å². The number of nitrogens with zero attached hydrogens (tertiary/aromatic N) is 1. The van der Waals surface area contributed by atoms with Crippen molar-refractivity contribution in [2.24, 2.45) is 0 Å². The first kappa shape index (κ1) is 14.2. The van der Waals surface area contributed by atoms with Crippen LogP contribution in [0.25, 0.3) is 0 Å². The molecule has 6 nitrogen and oxygen atoms in total. The van der Waals surface area contributed by atoms with Gasteiger partial charge in [0, 0.05) is 24.5 Å². The molecule has 0 aromatic carbocycles. The van der Waals surface area contributed by atoms with Crippen LogP contribution in [0.5, 0.6) is 0 Å². The fourth-order valence-corrected chi connectivity index (χ4v) is 2.30. The molecule has 0 spiro atoms. The van der Waals surface area contributed by atoms with Gasteiger partial charge in [-0.05, 0) is 27.1 Å². The lowest BCUT2D eigenvalue weighted by atomic mass is 10.3. The summed E-state index contributed by atoms with van der Waals surface area (Å²) in [4.78, 5) is 4.77. The quantitative estimate of drug-likeness (QED) is 0.658. The van der Waals surface area contributed by atoms with E-state index in [4.69, 9.17) is 5.11 Å². The summed E-state index contributed by atoms with van der Waals surface area (Å²) in [6.07, 6.45) is 1.37. The van der Waals surface area contributed by atoms with Crippen LogP contribution in [0.4, 0.5) is 0 Å². The Balaban J connectivity index is 2.69. The molecule has 0 radical (unpaired) electrons. The first-order chi connectivity index (χ1) is 7.86. The van der Waals surface area contributed by atoms with Gasteiger partial charge >= 0.3 is 0 Å². The van der Waals surface area contributed by atoms with E-state index in [1.807, 2.05) is 25.9 Å². The van der Waals surface area contributed by atoms with Gasteiger partial charge in [0.25, 0.3) is 0 Å². The van der Waals surface area contributed by atoms with Crippen LogP contribution in [-0.2, 0) is 16.6 Å². The molecule has 7 heteroatoms. The van der Waals surface area contributed by atoms with Crippen LogP contribution >= 0.6 is 0 Å². The monoisotopic (exact) mass is 261 g/mol. The molecule has 3 N–H and O–H groups in total. The molecule has 0 aliphatic heterocycles. The van der Waals surface area contributed by atoms with E-state index in [1.165, 1.54) is 12.3 Å². The van der Waals surface area contributed by atoms with Crippen LogP contribution in [0.3, 0.4) is 0 Å². The lowest BCUT2D eigenvalue weighted by Crippen LogP contribution is -2.38. The van der Waals surface area contributed by atoms with E-state index in [9.17, 15) is 8.42 Å². The molecule has 0 aliphatic carbocycles. The number of sulfonamides is 1. The number of aliphatic hydroxyl groups is 1. The van der Waals surface area contributed by atoms with E-state index < -0.39 is 10.0 Å². The second-order valence-electron chi connectivity index (χ2n) is 4.18. The molecule has 0 aliphatic rings. The highest BCUT2D eigenvalue weighted by Crippen LogP contribution is 2.10. The van der Waals surface area contributed by atoms with Crippen molar-refractivity contribution >= 4 is 10.0 Å². The molecule has 0 amide bonds. The highest BCUT2D eigenvalue weighted by atomic mass is 32.2. The van der Waals surface area contributed by atoms with Gasteiger partial charge in [-0.3, -0.25) is 0 Å². The first-order valence-electron chi connectivity index (χ1n) is 5.31. The van der Waals surface area contributed by atoms with Crippen molar-refractivity contribution in [1.82, 2.24) is 14.6 Å². The molecule has 1 atom stereocenters. The molecule has 0 bridgehead atoms.